The Bertz CT molecular complexity index is 3040. The Labute approximate surface area is 447 Å². The monoisotopic (exact) mass is 1100 g/mol. The SMILES string of the molecule is CCc1cc(N2C(=S)N(c3ccc(C(=O)C4CC(CCOc5ccc(N6C(=S)N(c7ccc(C#N)c(C(F)(F)F)c7)C(=O)C6(C)C)cc5CC)CCN4C(=O)OC(C)(C)C)c(C(F)(F)F)c3)C(=O)C2(C)C)ccc1O.N. The molecule has 0 aliphatic carbocycles. The molecule has 3 amide bonds. The number of aromatic hydroxyl groups is 1. The minimum Gasteiger partial charge on any atom is -0.508 e. The Morgan fingerprint density at radius 3 is 1.76 bits per heavy atom. The number of carbonyl (C=O) groups is 4. The van der Waals surface area contributed by atoms with Crippen molar-refractivity contribution >= 4 is 81.1 Å². The molecule has 2 unspecified atom stereocenters. The number of thiocarbonyl (C=S) groups is 2. The summed E-state index contributed by atoms with van der Waals surface area (Å²) in [6.45, 7) is 15.0. The van der Waals surface area contributed by atoms with Crippen LogP contribution in [0.2, 0.25) is 0 Å². The highest BCUT2D eigenvalue weighted by Gasteiger charge is 2.53. The second kappa shape index (κ2) is 21.3. The number of nitrogens with zero attached hydrogens (tertiary/aromatic N) is 6. The number of benzene rings is 4. The molecule has 76 heavy (non-hydrogen) atoms. The van der Waals surface area contributed by atoms with Crippen molar-refractivity contribution < 1.29 is 60.1 Å². The third kappa shape index (κ3) is 11.0. The number of phenolic OH excluding ortho intramolecular Hbond substituents is 1. The van der Waals surface area contributed by atoms with Crippen LogP contribution >= 0.6 is 24.4 Å². The smallest absolute Gasteiger partial charge is 0.417 e. The lowest BCUT2D eigenvalue weighted by molar-refractivity contribution is -0.138. The van der Waals surface area contributed by atoms with Gasteiger partial charge in [-0.25, -0.2) is 4.79 Å². The molecule has 3 heterocycles. The highest BCUT2D eigenvalue weighted by atomic mass is 32.1. The maximum atomic E-state index is 15.2. The van der Waals surface area contributed by atoms with Crippen LogP contribution in [0.4, 0.5) is 53.9 Å². The van der Waals surface area contributed by atoms with Crippen molar-refractivity contribution in [3.05, 3.63) is 106 Å². The number of aryl methyl sites for hydroxylation is 2. The number of ether oxygens (including phenoxy) is 2. The van der Waals surface area contributed by atoms with Gasteiger partial charge in [-0.1, -0.05) is 13.8 Å². The van der Waals surface area contributed by atoms with Crippen LogP contribution in [0.15, 0.2) is 72.8 Å². The molecular weight excluding hydrogens is 1040 g/mol. The van der Waals surface area contributed by atoms with Crippen LogP contribution in [0, 0.1) is 17.2 Å². The maximum Gasteiger partial charge on any atom is 0.417 e. The van der Waals surface area contributed by atoms with E-state index in [1.807, 2.05) is 13.8 Å². The average Bonchev–Trinajstić information content (AvgIpc) is 3.63. The fraction of sp³-hybridized carbons (Fsp3) is 0.426. The third-order valence-corrected chi connectivity index (χ3v) is 14.4. The zero-order valence-electron chi connectivity index (χ0n) is 43.4. The number of hydrogen-bond acceptors (Lipinski definition) is 11. The summed E-state index contributed by atoms with van der Waals surface area (Å²) in [5, 5.41) is 19.4. The average molecular weight is 1100 g/mol. The van der Waals surface area contributed by atoms with Crippen molar-refractivity contribution in [1.29, 1.82) is 5.26 Å². The van der Waals surface area contributed by atoms with E-state index in [0.29, 0.717) is 60.0 Å². The first-order valence-electron chi connectivity index (χ1n) is 24.2. The van der Waals surface area contributed by atoms with Crippen LogP contribution in [-0.4, -0.2) is 79.8 Å². The maximum absolute atomic E-state index is 15.2. The summed E-state index contributed by atoms with van der Waals surface area (Å²) in [5.74, 6) is -2.04. The van der Waals surface area contributed by atoms with Gasteiger partial charge in [0.25, 0.3) is 11.8 Å². The Morgan fingerprint density at radius 2 is 1.25 bits per heavy atom. The summed E-state index contributed by atoms with van der Waals surface area (Å²) in [4.78, 5) is 62.4. The molecule has 3 fully saturated rings. The lowest BCUT2D eigenvalue weighted by atomic mass is 9.84. The number of ketones is 1. The molecule has 7 rings (SSSR count). The van der Waals surface area contributed by atoms with Gasteiger partial charge in [-0.15, -0.1) is 0 Å². The molecular formula is C54H59F6N7O7S2. The molecule has 3 aliphatic rings. The molecule has 0 radical (unpaired) electrons. The van der Waals surface area contributed by atoms with Crippen molar-refractivity contribution in [1.82, 2.24) is 11.1 Å². The number of Topliss-reactive ketones (excluding diaryl/α,β-unsaturated/α-hetero) is 1. The fourth-order valence-corrected chi connectivity index (χ4v) is 10.8. The van der Waals surface area contributed by atoms with Gasteiger partial charge in [0.1, 0.15) is 28.2 Å². The number of hydrogen-bond donors (Lipinski definition) is 2. The molecule has 22 heteroatoms. The number of rotatable bonds is 12. The number of phenols is 1. The molecule has 14 nitrogen and oxygen atoms in total. The van der Waals surface area contributed by atoms with E-state index < -0.39 is 81.0 Å². The summed E-state index contributed by atoms with van der Waals surface area (Å²) >= 11 is 11.5. The number of amides is 3. The van der Waals surface area contributed by atoms with Crippen molar-refractivity contribution in [2.75, 3.05) is 32.8 Å². The molecule has 0 spiro atoms. The lowest BCUT2D eigenvalue weighted by Gasteiger charge is -2.39. The van der Waals surface area contributed by atoms with Gasteiger partial charge in [0.05, 0.1) is 46.8 Å². The second-order valence-electron chi connectivity index (χ2n) is 20.6. The Kier molecular flexibility index (Phi) is 16.4. The zero-order valence-corrected chi connectivity index (χ0v) is 45.0. The molecule has 0 aromatic heterocycles. The molecule has 3 aliphatic heterocycles. The summed E-state index contributed by atoms with van der Waals surface area (Å²) in [7, 11) is 0. The Morgan fingerprint density at radius 1 is 0.750 bits per heavy atom. The predicted molar refractivity (Wildman–Crippen MR) is 283 cm³/mol. The van der Waals surface area contributed by atoms with Crippen LogP contribution in [0.5, 0.6) is 11.5 Å². The quantitative estimate of drug-likeness (QED) is 0.0777. The van der Waals surface area contributed by atoms with Crippen molar-refractivity contribution in [3.63, 3.8) is 0 Å². The zero-order chi connectivity index (χ0) is 55.5. The van der Waals surface area contributed by atoms with Gasteiger partial charge in [-0.05, 0) is 195 Å². The number of likely N-dealkylation sites (tertiary alicyclic amines) is 1. The van der Waals surface area contributed by atoms with E-state index in [0.717, 1.165) is 32.9 Å². The molecule has 4 aromatic rings. The van der Waals surface area contributed by atoms with E-state index >= 15 is 13.2 Å². The standard InChI is InChI=1S/C54H56F6N6O7S2.H3N/c1-10-31-25-36(15-18-42(31)67)65-48(75)64(46(70)51(65,6)7)35-14-17-38(40(28-35)54(58,59)60)44(68)41-24-30(20-22-62(41)49(71)73-50(3,4)5)21-23-72-43-19-16-37(26-32(43)11-2)66-47(74)63(45(69)52(66,8)9)34-13-12-33(29-61)39(27-34)53(55,56)57;/h12-19,25-28,30,41,67H,10-11,20-24H2,1-9H3;1H3. The van der Waals surface area contributed by atoms with Gasteiger partial charge >= 0.3 is 18.4 Å². The van der Waals surface area contributed by atoms with Gasteiger partial charge in [-0.3, -0.25) is 29.1 Å². The van der Waals surface area contributed by atoms with Gasteiger partial charge < -0.3 is 30.5 Å². The number of anilines is 4. The predicted octanol–water partition coefficient (Wildman–Crippen LogP) is 12.1. The van der Waals surface area contributed by atoms with E-state index in [1.54, 1.807) is 78.8 Å². The van der Waals surface area contributed by atoms with Crippen molar-refractivity contribution in [2.24, 2.45) is 5.92 Å². The number of alkyl halides is 6. The van der Waals surface area contributed by atoms with E-state index in [4.69, 9.17) is 33.9 Å². The van der Waals surface area contributed by atoms with E-state index in [1.165, 1.54) is 34.1 Å². The number of halogens is 6. The number of piperidine rings is 1. The molecule has 4 aromatic carbocycles. The highest BCUT2D eigenvalue weighted by molar-refractivity contribution is 7.81. The van der Waals surface area contributed by atoms with Crippen molar-refractivity contribution in [2.45, 2.75) is 129 Å². The lowest BCUT2D eigenvalue weighted by Crippen LogP contribution is -2.52. The number of nitriles is 1. The third-order valence-electron chi connectivity index (χ3n) is 13.7. The van der Waals surface area contributed by atoms with Gasteiger partial charge in [0.2, 0.25) is 0 Å². The Hall–Kier alpha value is -6.83. The summed E-state index contributed by atoms with van der Waals surface area (Å²) < 4.78 is 99.4. The van der Waals surface area contributed by atoms with E-state index in [-0.39, 0.29) is 59.0 Å². The minimum atomic E-state index is -5.10. The molecule has 406 valence electrons. The normalized spacial score (nSPS) is 18.7. The molecule has 2 atom stereocenters. The summed E-state index contributed by atoms with van der Waals surface area (Å²) in [6.07, 6.45) is -9.33. The first kappa shape index (κ1) is 58.4. The topological polar surface area (TPSA) is 182 Å². The second-order valence-corrected chi connectivity index (χ2v) is 21.3. The number of carbonyl (C=O) groups excluding carboxylic acids is 4. The van der Waals surface area contributed by atoms with Crippen LogP contribution in [0.3, 0.4) is 0 Å². The van der Waals surface area contributed by atoms with Gasteiger partial charge in [0, 0.05) is 23.5 Å². The van der Waals surface area contributed by atoms with Crippen LogP contribution in [0.1, 0.15) is 120 Å². The summed E-state index contributed by atoms with van der Waals surface area (Å²) in [6, 6.07) is 15.7. The summed E-state index contributed by atoms with van der Waals surface area (Å²) in [5.41, 5.74) is -5.82. The molecule has 4 N–H and O–H groups in total. The fourth-order valence-electron chi connectivity index (χ4n) is 9.76. The molecule has 0 saturated carbocycles. The van der Waals surface area contributed by atoms with Crippen LogP contribution in [0.25, 0.3) is 0 Å². The Balaban J connectivity index is 0.00000937. The largest absolute Gasteiger partial charge is 0.508 e. The van der Waals surface area contributed by atoms with Gasteiger partial charge in [0.15, 0.2) is 16.0 Å². The van der Waals surface area contributed by atoms with Crippen LogP contribution < -0.4 is 30.5 Å². The van der Waals surface area contributed by atoms with E-state index in [9.17, 15) is 42.7 Å². The molecule has 3 saturated heterocycles. The van der Waals surface area contributed by atoms with Gasteiger partial charge in [-0.2, -0.15) is 31.6 Å². The van der Waals surface area contributed by atoms with Crippen LogP contribution in [-0.2, 0) is 39.5 Å². The van der Waals surface area contributed by atoms with E-state index in [2.05, 4.69) is 0 Å². The molecule has 0 bridgehead atoms. The highest BCUT2D eigenvalue weighted by Crippen LogP contribution is 2.44. The first-order valence-corrected chi connectivity index (χ1v) is 25.0. The van der Waals surface area contributed by atoms with Crippen molar-refractivity contribution in [3.8, 4) is 17.6 Å². The first-order chi connectivity index (χ1) is 34.9. The minimum absolute atomic E-state index is 0.